The molecule has 2 N–H and O–H groups in total. The Balaban J connectivity index is 2.66. The highest BCUT2D eigenvalue weighted by atomic mass is 16.4. The molecule has 19 heavy (non-hydrogen) atoms. The van der Waals surface area contributed by atoms with Crippen LogP contribution in [0, 0.1) is 0 Å². The normalized spacial score (nSPS) is 11.6. The van der Waals surface area contributed by atoms with E-state index in [0.29, 0.717) is 6.42 Å². The van der Waals surface area contributed by atoms with Crippen LogP contribution in [0.2, 0.25) is 0 Å². The van der Waals surface area contributed by atoms with E-state index >= 15 is 0 Å². The van der Waals surface area contributed by atoms with Gasteiger partial charge in [0.25, 0.3) is 5.91 Å². The summed E-state index contributed by atoms with van der Waals surface area (Å²) in [4.78, 5) is 34.0. The largest absolute Gasteiger partial charge is 0.480 e. The van der Waals surface area contributed by atoms with Crippen molar-refractivity contribution in [2.45, 2.75) is 32.2 Å². The van der Waals surface area contributed by atoms with Crippen LogP contribution >= 0.6 is 0 Å². The molecule has 0 aromatic heterocycles. The molecule has 0 spiro atoms. The lowest BCUT2D eigenvalue weighted by Crippen LogP contribution is -2.45. The zero-order valence-corrected chi connectivity index (χ0v) is 10.8. The van der Waals surface area contributed by atoms with Gasteiger partial charge in [0.2, 0.25) is 5.78 Å². The quantitative estimate of drug-likeness (QED) is 0.723. The third-order valence-corrected chi connectivity index (χ3v) is 2.62. The number of benzene rings is 1. The summed E-state index contributed by atoms with van der Waals surface area (Å²) in [5, 5.41) is 11.3. The van der Waals surface area contributed by atoms with Crippen molar-refractivity contribution in [1.82, 2.24) is 5.32 Å². The summed E-state index contributed by atoms with van der Waals surface area (Å²) in [7, 11) is 0. The van der Waals surface area contributed by atoms with Gasteiger partial charge in [0.1, 0.15) is 6.04 Å². The number of rotatable bonds is 7. The van der Waals surface area contributed by atoms with Crippen molar-refractivity contribution in [2.75, 3.05) is 0 Å². The van der Waals surface area contributed by atoms with Crippen LogP contribution in [0.1, 0.15) is 25.3 Å². The van der Waals surface area contributed by atoms with Gasteiger partial charge in [0, 0.05) is 12.8 Å². The zero-order valence-electron chi connectivity index (χ0n) is 10.8. The number of carboxylic acid groups (broad SMARTS) is 1. The van der Waals surface area contributed by atoms with Crippen molar-refractivity contribution in [3.05, 3.63) is 35.9 Å². The summed E-state index contributed by atoms with van der Waals surface area (Å²) in [6.07, 6.45) is 0.841. The first-order chi connectivity index (χ1) is 9.04. The van der Waals surface area contributed by atoms with Crippen molar-refractivity contribution < 1.29 is 19.5 Å². The Kier molecular flexibility index (Phi) is 5.73. The van der Waals surface area contributed by atoms with E-state index in [2.05, 4.69) is 5.32 Å². The summed E-state index contributed by atoms with van der Waals surface area (Å²) in [5.74, 6) is -2.56. The van der Waals surface area contributed by atoms with Gasteiger partial charge >= 0.3 is 5.97 Å². The Morgan fingerprint density at radius 3 is 2.37 bits per heavy atom. The third-order valence-electron chi connectivity index (χ3n) is 2.62. The van der Waals surface area contributed by atoms with Crippen LogP contribution in [0.25, 0.3) is 0 Å². The van der Waals surface area contributed by atoms with Crippen molar-refractivity contribution in [1.29, 1.82) is 0 Å². The molecule has 5 nitrogen and oxygen atoms in total. The van der Waals surface area contributed by atoms with Crippen LogP contribution in [-0.2, 0) is 20.8 Å². The van der Waals surface area contributed by atoms with Gasteiger partial charge in [0.15, 0.2) is 0 Å². The second-order valence-electron chi connectivity index (χ2n) is 4.23. The Morgan fingerprint density at radius 1 is 1.21 bits per heavy atom. The molecule has 0 radical (unpaired) electrons. The average Bonchev–Trinajstić information content (AvgIpc) is 2.39. The highest BCUT2D eigenvalue weighted by Crippen LogP contribution is 2.04. The van der Waals surface area contributed by atoms with Crippen LogP contribution in [0.5, 0.6) is 0 Å². The second kappa shape index (κ2) is 7.31. The molecule has 102 valence electrons. The summed E-state index contributed by atoms with van der Waals surface area (Å²) in [5.41, 5.74) is 0.790. The molecule has 0 saturated carbocycles. The second-order valence-corrected chi connectivity index (χ2v) is 4.23. The summed E-state index contributed by atoms with van der Waals surface area (Å²) >= 11 is 0. The number of carboxylic acids is 1. The molecule has 5 heteroatoms. The lowest BCUT2D eigenvalue weighted by atomic mass is 10.1. The van der Waals surface area contributed by atoms with Gasteiger partial charge in [-0.05, 0) is 12.0 Å². The first-order valence-corrected chi connectivity index (χ1v) is 6.15. The van der Waals surface area contributed by atoms with Gasteiger partial charge in [-0.2, -0.15) is 0 Å². The Bertz CT molecular complexity index is 456. The number of aliphatic carboxylic acids is 1. The predicted molar refractivity (Wildman–Crippen MR) is 69.6 cm³/mol. The van der Waals surface area contributed by atoms with Crippen LogP contribution < -0.4 is 5.32 Å². The van der Waals surface area contributed by atoms with E-state index in [1.807, 2.05) is 6.07 Å². The van der Waals surface area contributed by atoms with E-state index in [9.17, 15) is 14.4 Å². The molecular weight excluding hydrogens is 246 g/mol. The standard InChI is InChI=1S/C14H17NO4/c1-2-6-12(16)13(17)15-11(14(18)19)9-10-7-4-3-5-8-10/h3-5,7-8,11H,2,6,9H2,1H3,(H,15,17)(H,18,19). The number of carbonyl (C=O) groups is 3. The minimum atomic E-state index is -1.15. The molecule has 0 saturated heterocycles. The number of Topliss-reactive ketones (excluding diaryl/α,β-unsaturated/α-hetero) is 1. The van der Waals surface area contributed by atoms with Gasteiger partial charge in [-0.3, -0.25) is 9.59 Å². The first-order valence-electron chi connectivity index (χ1n) is 6.15. The lowest BCUT2D eigenvalue weighted by Gasteiger charge is -2.13. The minimum absolute atomic E-state index is 0.128. The first kappa shape index (κ1) is 14.9. The van der Waals surface area contributed by atoms with E-state index in [-0.39, 0.29) is 12.8 Å². The highest BCUT2D eigenvalue weighted by molar-refractivity contribution is 6.36. The summed E-state index contributed by atoms with van der Waals surface area (Å²) in [6.45, 7) is 1.78. The zero-order chi connectivity index (χ0) is 14.3. The predicted octanol–water partition coefficient (Wildman–Crippen LogP) is 1.17. The maximum Gasteiger partial charge on any atom is 0.326 e. The smallest absolute Gasteiger partial charge is 0.326 e. The topological polar surface area (TPSA) is 83.5 Å². The summed E-state index contributed by atoms with van der Waals surface area (Å²) in [6, 6.07) is 7.86. The van der Waals surface area contributed by atoms with E-state index in [4.69, 9.17) is 5.11 Å². The number of carbonyl (C=O) groups excluding carboxylic acids is 2. The Hall–Kier alpha value is -2.17. The minimum Gasteiger partial charge on any atom is -0.480 e. The van der Waals surface area contributed by atoms with Crippen LogP contribution in [0.3, 0.4) is 0 Å². The monoisotopic (exact) mass is 263 g/mol. The SMILES string of the molecule is CCCC(=O)C(=O)NC(Cc1ccccc1)C(=O)O. The van der Waals surface area contributed by atoms with E-state index in [1.165, 1.54) is 0 Å². The molecule has 1 amide bonds. The van der Waals surface area contributed by atoms with Crippen molar-refractivity contribution in [2.24, 2.45) is 0 Å². The molecule has 1 atom stereocenters. The van der Waals surface area contributed by atoms with Crippen molar-refractivity contribution in [3.63, 3.8) is 0 Å². The molecule has 0 aliphatic carbocycles. The molecular formula is C14H17NO4. The van der Waals surface area contributed by atoms with Crippen LogP contribution in [-0.4, -0.2) is 28.8 Å². The molecule has 0 bridgehead atoms. The molecule has 0 aliphatic rings. The molecule has 0 heterocycles. The maximum absolute atomic E-state index is 11.5. The van der Waals surface area contributed by atoms with Gasteiger partial charge in [-0.1, -0.05) is 37.3 Å². The third kappa shape index (κ3) is 4.91. The number of nitrogens with one attached hydrogen (secondary N) is 1. The molecule has 1 aromatic rings. The fourth-order valence-electron chi connectivity index (χ4n) is 1.63. The Morgan fingerprint density at radius 2 is 1.84 bits per heavy atom. The number of hydrogen-bond acceptors (Lipinski definition) is 3. The molecule has 1 unspecified atom stereocenters. The van der Waals surface area contributed by atoms with E-state index in [1.54, 1.807) is 31.2 Å². The van der Waals surface area contributed by atoms with E-state index in [0.717, 1.165) is 5.56 Å². The van der Waals surface area contributed by atoms with Crippen molar-refractivity contribution >= 4 is 17.7 Å². The molecule has 1 rings (SSSR count). The fraction of sp³-hybridized carbons (Fsp3) is 0.357. The summed E-state index contributed by atoms with van der Waals surface area (Å²) < 4.78 is 0. The van der Waals surface area contributed by atoms with Gasteiger partial charge < -0.3 is 10.4 Å². The maximum atomic E-state index is 11.5. The molecule has 0 aliphatic heterocycles. The highest BCUT2D eigenvalue weighted by Gasteiger charge is 2.23. The average molecular weight is 263 g/mol. The Labute approximate surface area is 111 Å². The van der Waals surface area contributed by atoms with Gasteiger partial charge in [-0.15, -0.1) is 0 Å². The van der Waals surface area contributed by atoms with Gasteiger partial charge in [-0.25, -0.2) is 4.79 Å². The van der Waals surface area contributed by atoms with Gasteiger partial charge in [0.05, 0.1) is 0 Å². The number of hydrogen-bond donors (Lipinski definition) is 2. The molecule has 0 fully saturated rings. The van der Waals surface area contributed by atoms with E-state index < -0.39 is 23.7 Å². The molecule has 1 aromatic carbocycles. The van der Waals surface area contributed by atoms with Crippen LogP contribution in [0.4, 0.5) is 0 Å². The van der Waals surface area contributed by atoms with Crippen LogP contribution in [0.15, 0.2) is 30.3 Å². The fourth-order valence-corrected chi connectivity index (χ4v) is 1.63. The number of amides is 1. The van der Waals surface area contributed by atoms with Crippen molar-refractivity contribution in [3.8, 4) is 0 Å². The number of ketones is 1. The lowest BCUT2D eigenvalue weighted by molar-refractivity contribution is -0.144.